The first-order chi connectivity index (χ1) is 53.0. The average Bonchev–Trinajstić information content (AvgIpc) is 0.784. The molecular formula is C71H116O38. The summed E-state index contributed by atoms with van der Waals surface area (Å²) in [6.45, 7) is -1.17. The van der Waals surface area contributed by atoms with E-state index in [0.29, 0.717) is 0 Å². The quantitative estimate of drug-likeness (QED) is 0.0877. The van der Waals surface area contributed by atoms with E-state index in [9.17, 15) is 9.59 Å². The summed E-state index contributed by atoms with van der Waals surface area (Å²) in [5, 5.41) is 0. The maximum absolute atomic E-state index is 14.4. The monoisotopic (exact) mass is 1580 g/mol. The van der Waals surface area contributed by atoms with Gasteiger partial charge in [0.15, 0.2) is 44.0 Å². The Hall–Kier alpha value is -3.20. The molecule has 1 aromatic rings. The summed E-state index contributed by atoms with van der Waals surface area (Å²) in [6, 6.07) is 5.99. The number of hydrogen-bond donors (Lipinski definition) is 0. The van der Waals surface area contributed by atoms with E-state index in [4.69, 9.17) is 171 Å². The predicted octanol–water partition coefficient (Wildman–Crippen LogP) is -0.497. The lowest BCUT2D eigenvalue weighted by Crippen LogP contribution is -2.69. The Labute approximate surface area is 636 Å². The number of esters is 2. The van der Waals surface area contributed by atoms with Crippen LogP contribution in [0.3, 0.4) is 0 Å². The molecule has 0 N–H and O–H groups in total. The van der Waals surface area contributed by atoms with E-state index >= 15 is 0 Å². The molecular weight excluding hydrogens is 1460 g/mol. The third-order valence-electron chi connectivity index (χ3n) is 20.9. The summed E-state index contributed by atoms with van der Waals surface area (Å²) in [4.78, 5) is 27.5. The number of carbonyl (C=O) groups excluding carboxylic acids is 2. The molecule has 0 aliphatic carbocycles. The van der Waals surface area contributed by atoms with Crippen LogP contribution in [0.2, 0.25) is 0 Å². The zero-order valence-electron chi connectivity index (χ0n) is 66.0. The van der Waals surface area contributed by atoms with Crippen molar-refractivity contribution in [3.05, 3.63) is 35.4 Å². The van der Waals surface area contributed by atoms with Gasteiger partial charge in [0.05, 0.1) is 57.9 Å². The molecule has 22 rings (SSSR count). The third-order valence-corrected chi connectivity index (χ3v) is 20.9. The van der Waals surface area contributed by atoms with Crippen LogP contribution < -0.4 is 0 Å². The molecule has 628 valence electrons. The first-order valence-corrected chi connectivity index (χ1v) is 35.8. The first kappa shape index (κ1) is 89.7. The van der Waals surface area contributed by atoms with Gasteiger partial charge in [-0.15, -0.1) is 0 Å². The van der Waals surface area contributed by atoms with Gasteiger partial charge in [-0.05, 0) is 12.1 Å². The molecule has 38 nitrogen and oxygen atoms in total. The van der Waals surface area contributed by atoms with Crippen LogP contribution in [0.5, 0.6) is 0 Å². The van der Waals surface area contributed by atoms with Gasteiger partial charge in [-0.25, -0.2) is 9.59 Å². The zero-order valence-corrected chi connectivity index (χ0v) is 66.0. The molecule has 35 atom stereocenters. The molecule has 1 aromatic carbocycles. The van der Waals surface area contributed by atoms with Crippen molar-refractivity contribution in [3.8, 4) is 0 Å². The van der Waals surface area contributed by atoms with E-state index < -0.39 is 233 Å². The van der Waals surface area contributed by atoms with Crippen LogP contribution in [0.15, 0.2) is 24.3 Å². The van der Waals surface area contributed by atoms with Crippen molar-refractivity contribution in [2.75, 3.05) is 196 Å². The molecule has 0 unspecified atom stereocenters. The Morgan fingerprint density at radius 3 is 0.550 bits per heavy atom. The minimum Gasteiger partial charge on any atom is -0.465 e. The predicted molar refractivity (Wildman–Crippen MR) is 365 cm³/mol. The highest BCUT2D eigenvalue weighted by Gasteiger charge is 2.62. The second-order valence-electron chi connectivity index (χ2n) is 26.7. The van der Waals surface area contributed by atoms with Crippen molar-refractivity contribution >= 4 is 11.9 Å². The molecule has 21 aliphatic heterocycles. The number of ether oxygens (including phenoxy) is 36. The second kappa shape index (κ2) is 43.7. The largest absolute Gasteiger partial charge is 0.465 e. The van der Waals surface area contributed by atoms with Crippen molar-refractivity contribution < 1.29 is 180 Å². The topological polar surface area (TPSA) is 366 Å². The number of carbonyl (C=O) groups is 2. The van der Waals surface area contributed by atoms with Gasteiger partial charge in [0.1, 0.15) is 178 Å². The number of benzene rings is 1. The number of hydrogen-bond acceptors (Lipinski definition) is 38. The lowest BCUT2D eigenvalue weighted by atomic mass is 9.94. The van der Waals surface area contributed by atoms with E-state index in [0.717, 1.165) is 0 Å². The van der Waals surface area contributed by atoms with E-state index in [-0.39, 0.29) is 50.8 Å². The second-order valence-corrected chi connectivity index (χ2v) is 26.7. The van der Waals surface area contributed by atoms with Gasteiger partial charge in [0, 0.05) is 142 Å². The number of rotatable bonds is 30. The van der Waals surface area contributed by atoms with Gasteiger partial charge in [0.25, 0.3) is 0 Å². The van der Waals surface area contributed by atoms with Gasteiger partial charge >= 0.3 is 11.9 Å². The molecule has 21 aliphatic rings. The van der Waals surface area contributed by atoms with Crippen molar-refractivity contribution in [1.82, 2.24) is 0 Å². The Kier molecular flexibility index (Phi) is 35.9. The molecule has 109 heavy (non-hydrogen) atoms. The Bertz CT molecular complexity index is 2790. The summed E-state index contributed by atoms with van der Waals surface area (Å²) >= 11 is 0. The molecule has 0 spiro atoms. The lowest BCUT2D eigenvalue weighted by Gasteiger charge is -2.52. The fourth-order valence-corrected chi connectivity index (χ4v) is 15.9. The molecule has 38 heteroatoms. The van der Waals surface area contributed by atoms with Crippen LogP contribution in [-0.2, 0) is 171 Å². The maximum Gasteiger partial charge on any atom is 0.339 e. The van der Waals surface area contributed by atoms with Gasteiger partial charge in [-0.2, -0.15) is 0 Å². The van der Waals surface area contributed by atoms with Crippen LogP contribution in [0, 0.1) is 0 Å². The van der Waals surface area contributed by atoms with Crippen molar-refractivity contribution in [2.45, 2.75) is 215 Å². The van der Waals surface area contributed by atoms with Gasteiger partial charge in [0.2, 0.25) is 0 Å². The fourth-order valence-electron chi connectivity index (χ4n) is 15.9. The van der Waals surface area contributed by atoms with E-state index in [1.165, 1.54) is 161 Å². The molecule has 21 fully saturated rings. The van der Waals surface area contributed by atoms with Crippen molar-refractivity contribution in [1.29, 1.82) is 0 Å². The minimum atomic E-state index is -1.46. The molecule has 0 aromatic heterocycles. The number of methoxy groups -OCH3 is 21. The van der Waals surface area contributed by atoms with Gasteiger partial charge < -0.3 is 171 Å². The van der Waals surface area contributed by atoms with Crippen molar-refractivity contribution in [2.24, 2.45) is 0 Å². The smallest absolute Gasteiger partial charge is 0.339 e. The van der Waals surface area contributed by atoms with Gasteiger partial charge in [-0.1, -0.05) is 12.1 Å². The highest BCUT2D eigenvalue weighted by Crippen LogP contribution is 2.43. The SMILES string of the molecule is COC[C@@H]1O[C@@H]2O[C@H]3[C@H](OC)[C@@H](OC)[C@@H](O[C@H]4[C@@H](OC)[C@H](OC)[C@@H](O[C@H]5[C@H](OC)[C@H](OC)[C@@H](O[C@H]6[C@H](OC)[C@@H](OC)[C@@H](O[C@H]7[C@H](OC)[C@@H](OC)[C@@H](O[C@H]8[C@H](OC)[C@@H](OC)[C@@H](O[C@H]1[C@H](OC)[C@H]2OC)O[C@H]8COC)O[C@H]7COC)O[C@@H]6COC(=O)c1ccccc1C(=O)OC)O[C@@H]5COC)O[C@@H]4COC)O[C@H]3COC. The molecule has 0 saturated carbocycles. The van der Waals surface area contributed by atoms with Crippen LogP contribution in [0.4, 0.5) is 0 Å². The van der Waals surface area contributed by atoms with E-state index in [1.54, 1.807) is 12.1 Å². The summed E-state index contributed by atoms with van der Waals surface area (Å²) in [6.07, 6.45) is -39.7. The lowest BCUT2D eigenvalue weighted by molar-refractivity contribution is -0.402. The highest BCUT2D eigenvalue weighted by atomic mass is 16.8. The first-order valence-electron chi connectivity index (χ1n) is 35.8. The molecule has 21 saturated heterocycles. The van der Waals surface area contributed by atoms with Gasteiger partial charge in [-0.3, -0.25) is 0 Å². The Morgan fingerprint density at radius 1 is 0.229 bits per heavy atom. The third kappa shape index (κ3) is 19.8. The molecule has 0 amide bonds. The summed E-state index contributed by atoms with van der Waals surface area (Å²) in [7, 11) is 30.6. The Morgan fingerprint density at radius 2 is 0.394 bits per heavy atom. The van der Waals surface area contributed by atoms with Crippen LogP contribution in [-0.4, -0.2) is 422 Å². The van der Waals surface area contributed by atoms with E-state index in [2.05, 4.69) is 0 Å². The standard InChI is InChI=1S/C71H116O38/c1-74-26-35-42-49(80-7)57(88-15)66(97-35)105-44-37(28-76-3)99-68(59(90-17)51(44)82-9)107-46-39(30-78-5)101-70(61(92-19)53(46)84-11)109-48-41(32-95-64(73)34-25-23-22-24-33(34)63(72)94-21)102-71(62(93-20)55(48)86-13)108-47-40(31-79-6)100-69(60(91-18)54(47)85-12)106-45-38(29-77-4)98-67(58(89-16)52(45)83-10)104-43-36(27-75-2)96-65(103-42)56(87-14)50(43)81-8/h22-25,35-62,65-71H,26-32H2,1-21H3/t35-,36-,37+,38-,39+,40-,41+,42+,43+,44+,45+,46+,47+,48+,49-,50-,51+,52-,53-,54-,55-,56+,57+,58+,59-,60+,61-,62+,65+,66+,67+,68+,69+,70+,71+/m0/s1. The zero-order chi connectivity index (χ0) is 78.8. The van der Waals surface area contributed by atoms with Crippen LogP contribution >= 0.6 is 0 Å². The summed E-state index contributed by atoms with van der Waals surface area (Å²) in [5.74, 6) is -1.71. The molecule has 14 bridgehead atoms. The van der Waals surface area contributed by atoms with Crippen LogP contribution in [0.1, 0.15) is 20.7 Å². The van der Waals surface area contributed by atoms with Crippen molar-refractivity contribution in [3.63, 3.8) is 0 Å². The highest BCUT2D eigenvalue weighted by molar-refractivity contribution is 6.03. The summed E-state index contributed by atoms with van der Waals surface area (Å²) < 4.78 is 232. The van der Waals surface area contributed by atoms with Crippen LogP contribution in [0.25, 0.3) is 0 Å². The maximum atomic E-state index is 14.4. The van der Waals surface area contributed by atoms with E-state index in [1.807, 2.05) is 0 Å². The molecule has 0 radical (unpaired) electrons. The summed E-state index contributed by atoms with van der Waals surface area (Å²) in [5.41, 5.74) is -0.173. The average molecular weight is 1580 g/mol. The fraction of sp³-hybridized carbons (Fsp3) is 0.887. The minimum absolute atomic E-state index is 0.0632. The Balaban J connectivity index is 1.16. The molecule has 21 heterocycles. The normalized spacial score (nSPS) is 42.4.